The Morgan fingerprint density at radius 3 is 3.00 bits per heavy atom. The lowest BCUT2D eigenvalue weighted by molar-refractivity contribution is 0.651. The first kappa shape index (κ1) is 8.77. The number of hydrogen-bond acceptors (Lipinski definition) is 3. The van der Waals surface area contributed by atoms with Crippen LogP contribution >= 0.6 is 23.9 Å². The summed E-state index contributed by atoms with van der Waals surface area (Å²) in [5, 5.41) is 3.21. The van der Waals surface area contributed by atoms with E-state index in [-0.39, 0.29) is 18.0 Å². The van der Waals surface area contributed by atoms with E-state index in [2.05, 4.69) is 9.69 Å². The number of H-pyrrole nitrogens is 1. The quantitative estimate of drug-likeness (QED) is 0.629. The van der Waals surface area contributed by atoms with Gasteiger partial charge in [0, 0.05) is 17.0 Å². The van der Waals surface area contributed by atoms with E-state index in [4.69, 9.17) is 0 Å². The second-order valence-electron chi connectivity index (χ2n) is 2.36. The first-order chi connectivity index (χ1) is 4.88. The molecule has 0 atom stereocenters. The molecule has 3 nitrogen and oxygen atoms in total. The van der Waals surface area contributed by atoms with E-state index in [1.54, 1.807) is 0 Å². The molecule has 1 aliphatic heterocycles. The zero-order valence-corrected chi connectivity index (χ0v) is 7.48. The van der Waals surface area contributed by atoms with E-state index in [1.807, 2.05) is 0 Å². The Hall–Kier alpha value is -0.320. The third-order valence-electron chi connectivity index (χ3n) is 1.71. The Bertz CT molecular complexity index is 293. The Kier molecular flexibility index (Phi) is 2.70. The highest BCUT2D eigenvalue weighted by Crippen LogP contribution is 2.12. The van der Waals surface area contributed by atoms with E-state index in [0.29, 0.717) is 0 Å². The van der Waals surface area contributed by atoms with Crippen LogP contribution in [0.2, 0.25) is 0 Å². The van der Waals surface area contributed by atoms with Gasteiger partial charge in [0.1, 0.15) is 0 Å². The summed E-state index contributed by atoms with van der Waals surface area (Å²) in [7, 11) is 0. The Balaban J connectivity index is 0.000000605. The van der Waals surface area contributed by atoms with Crippen LogP contribution in [0.25, 0.3) is 0 Å². The van der Waals surface area contributed by atoms with Crippen molar-refractivity contribution >= 4 is 23.9 Å². The Morgan fingerprint density at radius 2 is 2.27 bits per heavy atom. The summed E-state index contributed by atoms with van der Waals surface area (Å²) in [6.07, 6.45) is 0.883. The summed E-state index contributed by atoms with van der Waals surface area (Å²) in [6.45, 7) is 1.80. The van der Waals surface area contributed by atoms with Crippen LogP contribution in [0.3, 0.4) is 0 Å². The van der Waals surface area contributed by atoms with Gasteiger partial charge in [0.15, 0.2) is 0 Å². The van der Waals surface area contributed by atoms with Gasteiger partial charge in [0.05, 0.1) is 0 Å². The van der Waals surface area contributed by atoms with Crippen molar-refractivity contribution in [2.24, 2.45) is 0 Å². The van der Waals surface area contributed by atoms with E-state index in [1.165, 1.54) is 16.4 Å². The zero-order valence-electron chi connectivity index (χ0n) is 5.85. The van der Waals surface area contributed by atoms with Crippen LogP contribution in [0, 0.1) is 0 Å². The maximum absolute atomic E-state index is 11.0. The summed E-state index contributed by atoms with van der Waals surface area (Å²) < 4.78 is 2.73. The fraction of sp³-hybridized carbons (Fsp3) is 0.500. The molecule has 11 heavy (non-hydrogen) atoms. The largest absolute Gasteiger partial charge is 0.311 e. The van der Waals surface area contributed by atoms with Crippen molar-refractivity contribution in [1.82, 2.24) is 9.69 Å². The lowest BCUT2D eigenvalue weighted by Crippen LogP contribution is -2.25. The Labute approximate surface area is 74.4 Å². The maximum atomic E-state index is 11.0. The minimum Gasteiger partial charge on any atom is -0.311 e. The minimum absolute atomic E-state index is 0. The van der Waals surface area contributed by atoms with Crippen molar-refractivity contribution in [1.29, 1.82) is 0 Å². The molecule has 0 saturated heterocycles. The van der Waals surface area contributed by atoms with Gasteiger partial charge in [-0.25, -0.2) is 0 Å². The molecule has 62 valence electrons. The molecule has 0 aliphatic carbocycles. The molecular weight excluding hydrogens is 184 g/mol. The van der Waals surface area contributed by atoms with Gasteiger partial charge >= 0.3 is 0 Å². The van der Waals surface area contributed by atoms with Crippen LogP contribution < -0.4 is 10.9 Å². The van der Waals surface area contributed by atoms with Crippen LogP contribution in [-0.2, 0) is 13.0 Å². The third kappa shape index (κ3) is 1.47. The van der Waals surface area contributed by atoms with E-state index in [9.17, 15) is 4.79 Å². The molecule has 5 heteroatoms. The van der Waals surface area contributed by atoms with Crippen LogP contribution in [0.4, 0.5) is 0 Å². The van der Waals surface area contributed by atoms with Crippen LogP contribution in [0.1, 0.15) is 10.4 Å². The second-order valence-corrected chi connectivity index (χ2v) is 3.26. The zero-order chi connectivity index (χ0) is 6.97. The molecule has 0 spiro atoms. The number of aromatic amines is 1. The molecule has 0 unspecified atom stereocenters. The van der Waals surface area contributed by atoms with Crippen molar-refractivity contribution in [2.45, 2.75) is 13.0 Å². The normalized spacial score (nSPS) is 15.3. The first-order valence-electron chi connectivity index (χ1n) is 3.28. The molecule has 0 fully saturated rings. The summed E-state index contributed by atoms with van der Waals surface area (Å²) in [6, 6.07) is 0. The second kappa shape index (κ2) is 3.38. The fourth-order valence-corrected chi connectivity index (χ4v) is 2.00. The molecule has 0 saturated carbocycles. The number of aromatic nitrogens is 1. The summed E-state index contributed by atoms with van der Waals surface area (Å²) in [5.74, 6) is 0. The van der Waals surface area contributed by atoms with Gasteiger partial charge in [-0.1, -0.05) is 11.5 Å². The number of nitrogens with one attached hydrogen (secondary N) is 2. The minimum atomic E-state index is 0. The molecular formula is C6H9ClN2OS. The number of rotatable bonds is 0. The van der Waals surface area contributed by atoms with Gasteiger partial charge in [0.25, 0.3) is 5.56 Å². The molecule has 2 rings (SSSR count). The lowest BCUT2D eigenvalue weighted by atomic mass is 10.1. The van der Waals surface area contributed by atoms with Crippen molar-refractivity contribution < 1.29 is 0 Å². The predicted octanol–water partition coefficient (Wildman–Crippen LogP) is 0.504. The van der Waals surface area contributed by atoms with E-state index in [0.717, 1.165) is 25.1 Å². The average molecular weight is 193 g/mol. The maximum Gasteiger partial charge on any atom is 0.261 e. The number of halogens is 1. The first-order valence-corrected chi connectivity index (χ1v) is 4.09. The number of fused-ring (bicyclic) bond motifs is 1. The van der Waals surface area contributed by atoms with Gasteiger partial charge < -0.3 is 5.32 Å². The molecule has 0 radical (unpaired) electrons. The summed E-state index contributed by atoms with van der Waals surface area (Å²) in [4.78, 5) is 12.2. The standard InChI is InChI=1S/C6H8N2OS.ClH/c9-6-4-1-2-7-3-5(4)10-8-6;/h7H,1-3H2,(H,8,9);1H. The van der Waals surface area contributed by atoms with Gasteiger partial charge in [-0.05, 0) is 13.0 Å². The predicted molar refractivity (Wildman–Crippen MR) is 47.6 cm³/mol. The van der Waals surface area contributed by atoms with E-state index < -0.39 is 0 Å². The van der Waals surface area contributed by atoms with Crippen LogP contribution in [0.5, 0.6) is 0 Å². The molecule has 0 amide bonds. The lowest BCUT2D eigenvalue weighted by Gasteiger charge is -2.09. The van der Waals surface area contributed by atoms with Crippen molar-refractivity contribution in [3.8, 4) is 0 Å². The van der Waals surface area contributed by atoms with Gasteiger partial charge in [-0.2, -0.15) is 0 Å². The molecule has 1 aromatic rings. The van der Waals surface area contributed by atoms with Crippen LogP contribution in [-0.4, -0.2) is 10.9 Å². The molecule has 0 aromatic carbocycles. The topological polar surface area (TPSA) is 44.9 Å². The van der Waals surface area contributed by atoms with Gasteiger partial charge in [0.2, 0.25) is 0 Å². The summed E-state index contributed by atoms with van der Waals surface area (Å²) in [5.41, 5.74) is 1.10. The molecule has 1 aromatic heterocycles. The third-order valence-corrected chi connectivity index (χ3v) is 2.64. The summed E-state index contributed by atoms with van der Waals surface area (Å²) >= 11 is 1.45. The fourth-order valence-electron chi connectivity index (χ4n) is 1.17. The van der Waals surface area contributed by atoms with Crippen molar-refractivity contribution in [3.05, 3.63) is 20.8 Å². The van der Waals surface area contributed by atoms with Crippen LogP contribution in [0.15, 0.2) is 4.79 Å². The average Bonchev–Trinajstić information content (AvgIpc) is 2.34. The molecule has 1 aliphatic rings. The molecule has 2 heterocycles. The highest BCUT2D eigenvalue weighted by Gasteiger charge is 2.13. The van der Waals surface area contributed by atoms with Gasteiger partial charge in [-0.3, -0.25) is 9.17 Å². The molecule has 0 bridgehead atoms. The smallest absolute Gasteiger partial charge is 0.261 e. The highest BCUT2D eigenvalue weighted by atomic mass is 35.5. The van der Waals surface area contributed by atoms with Crippen molar-refractivity contribution in [2.75, 3.05) is 6.54 Å². The number of hydrogen-bond donors (Lipinski definition) is 2. The SMILES string of the molecule is Cl.O=c1[nH]sc2c1CCNC2. The highest BCUT2D eigenvalue weighted by molar-refractivity contribution is 7.05. The monoisotopic (exact) mass is 192 g/mol. The van der Waals surface area contributed by atoms with E-state index >= 15 is 0 Å². The Morgan fingerprint density at radius 1 is 1.45 bits per heavy atom. The van der Waals surface area contributed by atoms with Gasteiger partial charge in [-0.15, -0.1) is 12.4 Å². The van der Waals surface area contributed by atoms with Crippen molar-refractivity contribution in [3.63, 3.8) is 0 Å². The molecule has 2 N–H and O–H groups in total.